The standard InChI is InChI=1S/C28H26FN5O4S/c1-17-31-32-27(38-17)20-5-3-4-18(14-20)25-23-11-6-19(26(35)30-28(2)12-13-39(36,37)16-28)15-24(23)34(33-25)22-9-7-21(29)8-10-22/h3-11,14-15,36-37H,12-13,16H2,1-2H3,(H,30,35). The molecule has 3 heterocycles. The van der Waals surface area contributed by atoms with Crippen LogP contribution in [0, 0.1) is 12.7 Å². The number of amides is 1. The van der Waals surface area contributed by atoms with Gasteiger partial charge in [-0.3, -0.25) is 13.9 Å². The fourth-order valence-electron chi connectivity index (χ4n) is 4.95. The lowest BCUT2D eigenvalue weighted by Gasteiger charge is -2.30. The van der Waals surface area contributed by atoms with Crippen LogP contribution in [-0.4, -0.2) is 52.0 Å². The predicted octanol–water partition coefficient (Wildman–Crippen LogP) is 5.83. The number of carbonyl (C=O) groups is 1. The Balaban J connectivity index is 1.44. The second-order valence-electron chi connectivity index (χ2n) is 10.1. The number of fused-ring (bicyclic) bond motifs is 1. The van der Waals surface area contributed by atoms with E-state index in [0.29, 0.717) is 40.7 Å². The average Bonchev–Trinajstić information content (AvgIpc) is 3.59. The van der Waals surface area contributed by atoms with E-state index in [1.807, 2.05) is 37.3 Å². The highest BCUT2D eigenvalue weighted by molar-refractivity contribution is 8.24. The zero-order valence-corrected chi connectivity index (χ0v) is 22.1. The Morgan fingerprint density at radius 2 is 1.85 bits per heavy atom. The lowest BCUT2D eigenvalue weighted by Crippen LogP contribution is -2.46. The molecule has 0 bridgehead atoms. The summed E-state index contributed by atoms with van der Waals surface area (Å²) in [5.41, 5.74) is 3.18. The van der Waals surface area contributed by atoms with Gasteiger partial charge in [-0.1, -0.05) is 12.1 Å². The number of hydrogen-bond acceptors (Lipinski definition) is 7. The van der Waals surface area contributed by atoms with E-state index in [-0.39, 0.29) is 23.2 Å². The van der Waals surface area contributed by atoms with Crippen LogP contribution in [0.15, 0.2) is 71.1 Å². The Bertz CT molecular complexity index is 1720. The maximum absolute atomic E-state index is 13.7. The maximum atomic E-state index is 13.7. The average molecular weight is 548 g/mol. The Kier molecular flexibility index (Phi) is 6.01. The summed E-state index contributed by atoms with van der Waals surface area (Å²) in [5.74, 6) is 0.566. The number of benzene rings is 3. The largest absolute Gasteiger partial charge is 0.421 e. The van der Waals surface area contributed by atoms with Gasteiger partial charge in [0.25, 0.3) is 5.91 Å². The van der Waals surface area contributed by atoms with E-state index in [1.54, 1.807) is 35.9 Å². The molecule has 1 aliphatic heterocycles. The number of aryl methyl sites for hydroxylation is 1. The molecule has 11 heteroatoms. The quantitative estimate of drug-likeness (QED) is 0.253. The Hall–Kier alpha value is -4.06. The summed E-state index contributed by atoms with van der Waals surface area (Å²) in [5, 5.41) is 16.7. The number of nitrogens with zero attached hydrogens (tertiary/aromatic N) is 4. The Morgan fingerprint density at radius 3 is 2.54 bits per heavy atom. The first-order valence-corrected chi connectivity index (χ1v) is 14.2. The summed E-state index contributed by atoms with van der Waals surface area (Å²) in [7, 11) is -2.69. The molecule has 39 heavy (non-hydrogen) atoms. The third-order valence-electron chi connectivity index (χ3n) is 6.87. The Labute approximate surface area is 225 Å². The first-order valence-electron chi connectivity index (χ1n) is 12.3. The second-order valence-corrected chi connectivity index (χ2v) is 12.4. The third kappa shape index (κ3) is 4.91. The predicted molar refractivity (Wildman–Crippen MR) is 148 cm³/mol. The van der Waals surface area contributed by atoms with E-state index in [9.17, 15) is 18.3 Å². The summed E-state index contributed by atoms with van der Waals surface area (Å²) < 4.78 is 41.1. The molecule has 1 saturated heterocycles. The zero-order valence-electron chi connectivity index (χ0n) is 21.3. The summed E-state index contributed by atoms with van der Waals surface area (Å²) in [6, 6.07) is 18.8. The fraction of sp³-hybridized carbons (Fsp3) is 0.214. The van der Waals surface area contributed by atoms with Crippen LogP contribution in [0.3, 0.4) is 0 Å². The molecule has 2 aromatic heterocycles. The molecule has 5 aromatic rings. The normalized spacial score (nSPS) is 19.3. The zero-order chi connectivity index (χ0) is 27.4. The molecular formula is C28H26FN5O4S. The molecule has 0 aliphatic carbocycles. The van der Waals surface area contributed by atoms with Gasteiger partial charge in [-0.2, -0.15) is 15.7 Å². The number of halogens is 1. The maximum Gasteiger partial charge on any atom is 0.251 e. The van der Waals surface area contributed by atoms with Crippen molar-refractivity contribution in [2.75, 3.05) is 11.5 Å². The SMILES string of the molecule is Cc1nnc(-c2cccc(-c3nn(-c4ccc(F)cc4)c4cc(C(=O)NC5(C)CCS(O)(O)C5)ccc34)c2)o1. The van der Waals surface area contributed by atoms with E-state index >= 15 is 0 Å². The van der Waals surface area contributed by atoms with E-state index in [2.05, 4.69) is 15.5 Å². The minimum Gasteiger partial charge on any atom is -0.421 e. The lowest BCUT2D eigenvalue weighted by molar-refractivity contribution is 0.0915. The van der Waals surface area contributed by atoms with Gasteiger partial charge < -0.3 is 9.73 Å². The molecule has 0 spiro atoms. The number of hydrogen-bond donors (Lipinski definition) is 3. The Morgan fingerprint density at radius 1 is 1.08 bits per heavy atom. The molecule has 1 fully saturated rings. The molecule has 1 amide bonds. The lowest BCUT2D eigenvalue weighted by atomic mass is 10.0. The first-order chi connectivity index (χ1) is 18.6. The van der Waals surface area contributed by atoms with Crippen molar-refractivity contribution < 1.29 is 22.7 Å². The third-order valence-corrected chi connectivity index (χ3v) is 8.83. The molecule has 3 N–H and O–H groups in total. The minimum atomic E-state index is -2.69. The molecule has 1 aliphatic rings. The van der Waals surface area contributed by atoms with Crippen LogP contribution < -0.4 is 5.32 Å². The molecule has 9 nitrogen and oxygen atoms in total. The number of rotatable bonds is 5. The number of carbonyl (C=O) groups excluding carboxylic acids is 1. The van der Waals surface area contributed by atoms with Crippen LogP contribution in [0.5, 0.6) is 0 Å². The highest BCUT2D eigenvalue weighted by Gasteiger charge is 2.39. The van der Waals surface area contributed by atoms with Gasteiger partial charge in [0, 0.05) is 34.8 Å². The van der Waals surface area contributed by atoms with E-state index in [4.69, 9.17) is 9.52 Å². The highest BCUT2D eigenvalue weighted by atomic mass is 32.3. The molecular weight excluding hydrogens is 521 g/mol. The summed E-state index contributed by atoms with van der Waals surface area (Å²) in [6.45, 7) is 3.55. The molecule has 1 atom stereocenters. The summed E-state index contributed by atoms with van der Waals surface area (Å²) in [4.78, 5) is 13.3. The number of nitrogens with one attached hydrogen (secondary N) is 1. The van der Waals surface area contributed by atoms with Gasteiger partial charge >= 0.3 is 0 Å². The van der Waals surface area contributed by atoms with Crippen molar-refractivity contribution in [3.63, 3.8) is 0 Å². The van der Waals surface area contributed by atoms with Crippen molar-refractivity contribution >= 4 is 27.4 Å². The monoisotopic (exact) mass is 547 g/mol. The first kappa shape index (κ1) is 25.2. The molecule has 0 saturated carbocycles. The smallest absolute Gasteiger partial charge is 0.251 e. The van der Waals surface area contributed by atoms with E-state index < -0.39 is 16.1 Å². The highest BCUT2D eigenvalue weighted by Crippen LogP contribution is 2.50. The molecule has 200 valence electrons. The van der Waals surface area contributed by atoms with Crippen molar-refractivity contribution in [2.45, 2.75) is 25.8 Å². The molecule has 6 rings (SSSR count). The molecule has 1 unspecified atom stereocenters. The van der Waals surface area contributed by atoms with Crippen LogP contribution in [-0.2, 0) is 0 Å². The van der Waals surface area contributed by atoms with E-state index in [0.717, 1.165) is 16.5 Å². The van der Waals surface area contributed by atoms with Crippen molar-refractivity contribution in [2.24, 2.45) is 0 Å². The summed E-state index contributed by atoms with van der Waals surface area (Å²) in [6.07, 6.45) is 0.483. The van der Waals surface area contributed by atoms with E-state index in [1.165, 1.54) is 12.1 Å². The molecule has 3 aromatic carbocycles. The van der Waals surface area contributed by atoms with Crippen LogP contribution in [0.4, 0.5) is 4.39 Å². The van der Waals surface area contributed by atoms with Gasteiger partial charge in [0.05, 0.1) is 22.5 Å². The van der Waals surface area contributed by atoms with Crippen LogP contribution in [0.2, 0.25) is 0 Å². The van der Waals surface area contributed by atoms with Gasteiger partial charge in [0.15, 0.2) is 0 Å². The topological polar surface area (TPSA) is 126 Å². The van der Waals surface area contributed by atoms with Crippen molar-refractivity contribution in [1.82, 2.24) is 25.3 Å². The summed E-state index contributed by atoms with van der Waals surface area (Å²) >= 11 is 0. The minimum absolute atomic E-state index is 0.127. The van der Waals surface area contributed by atoms with Crippen molar-refractivity contribution in [1.29, 1.82) is 0 Å². The van der Waals surface area contributed by atoms with Gasteiger partial charge in [-0.05, 0) is 67.9 Å². The van der Waals surface area contributed by atoms with Gasteiger partial charge in [0.2, 0.25) is 11.8 Å². The fourth-order valence-corrected chi connectivity index (χ4v) is 7.11. The second kappa shape index (κ2) is 9.30. The van der Waals surface area contributed by atoms with Crippen molar-refractivity contribution in [3.05, 3.63) is 84.0 Å². The van der Waals surface area contributed by atoms with Crippen LogP contribution >= 0.6 is 10.6 Å². The van der Waals surface area contributed by atoms with Gasteiger partial charge in [-0.25, -0.2) is 9.07 Å². The molecule has 0 radical (unpaired) electrons. The van der Waals surface area contributed by atoms with Gasteiger partial charge in [-0.15, -0.1) is 10.2 Å². The van der Waals surface area contributed by atoms with Gasteiger partial charge in [0.1, 0.15) is 11.5 Å². The van der Waals surface area contributed by atoms with Crippen LogP contribution in [0.1, 0.15) is 29.6 Å². The van der Waals surface area contributed by atoms with Crippen LogP contribution in [0.25, 0.3) is 39.3 Å². The van der Waals surface area contributed by atoms with Crippen molar-refractivity contribution in [3.8, 4) is 28.4 Å². The number of aromatic nitrogens is 4.